The minimum absolute atomic E-state index is 0.160. The van der Waals surface area contributed by atoms with Gasteiger partial charge >= 0.3 is 5.97 Å². The molecule has 0 bridgehead atoms. The van der Waals surface area contributed by atoms with E-state index >= 15 is 0 Å². The van der Waals surface area contributed by atoms with Gasteiger partial charge in [0.2, 0.25) is 0 Å². The fourth-order valence-electron chi connectivity index (χ4n) is 1.83. The summed E-state index contributed by atoms with van der Waals surface area (Å²) in [5, 5.41) is 9.22. The summed E-state index contributed by atoms with van der Waals surface area (Å²) >= 11 is 1.56. The molecule has 6 nitrogen and oxygen atoms in total. The second-order valence-electron chi connectivity index (χ2n) is 4.36. The SMILES string of the molecule is CSC(C)CNS(=O)(=O)N1CCCCC1C(=O)O. The molecule has 1 aliphatic heterocycles. The number of rotatable bonds is 6. The fraction of sp³-hybridized carbons (Fsp3) is 0.900. The van der Waals surface area contributed by atoms with Crippen LogP contribution in [0, 0.1) is 0 Å². The summed E-state index contributed by atoms with van der Waals surface area (Å²) in [6.45, 7) is 2.50. The van der Waals surface area contributed by atoms with Gasteiger partial charge in [0.1, 0.15) is 6.04 Å². The Balaban J connectivity index is 2.72. The first-order chi connectivity index (χ1) is 8.38. The predicted octanol–water partition coefficient (Wildman–Crippen LogP) is 0.511. The monoisotopic (exact) mass is 296 g/mol. The van der Waals surface area contributed by atoms with E-state index in [9.17, 15) is 13.2 Å². The van der Waals surface area contributed by atoms with Crippen molar-refractivity contribution in [1.82, 2.24) is 9.03 Å². The Bertz CT molecular complexity index is 385. The van der Waals surface area contributed by atoms with Crippen LogP contribution in [0.25, 0.3) is 0 Å². The first kappa shape index (κ1) is 15.7. The average Bonchev–Trinajstić information content (AvgIpc) is 2.36. The number of hydrogen-bond donors (Lipinski definition) is 2. The Morgan fingerprint density at radius 3 is 2.78 bits per heavy atom. The van der Waals surface area contributed by atoms with E-state index in [4.69, 9.17) is 5.11 Å². The lowest BCUT2D eigenvalue weighted by atomic mass is 10.1. The zero-order valence-electron chi connectivity index (χ0n) is 10.6. The van der Waals surface area contributed by atoms with Crippen molar-refractivity contribution < 1.29 is 18.3 Å². The number of carboxylic acid groups (broad SMARTS) is 1. The molecule has 0 aromatic rings. The van der Waals surface area contributed by atoms with Crippen molar-refractivity contribution in [3.8, 4) is 0 Å². The number of hydrogen-bond acceptors (Lipinski definition) is 4. The number of nitrogens with one attached hydrogen (secondary N) is 1. The van der Waals surface area contributed by atoms with Gasteiger partial charge in [-0.15, -0.1) is 0 Å². The minimum Gasteiger partial charge on any atom is -0.480 e. The molecular formula is C10H20N2O4S2. The van der Waals surface area contributed by atoms with Crippen LogP contribution in [0.5, 0.6) is 0 Å². The van der Waals surface area contributed by atoms with Crippen molar-refractivity contribution in [2.45, 2.75) is 37.5 Å². The maximum Gasteiger partial charge on any atom is 0.322 e. The molecule has 0 spiro atoms. The van der Waals surface area contributed by atoms with E-state index in [0.29, 0.717) is 19.4 Å². The van der Waals surface area contributed by atoms with Crippen molar-refractivity contribution in [3.63, 3.8) is 0 Å². The molecule has 2 unspecified atom stereocenters. The van der Waals surface area contributed by atoms with Crippen LogP contribution in [0.4, 0.5) is 0 Å². The maximum absolute atomic E-state index is 12.1. The van der Waals surface area contributed by atoms with Crippen LogP contribution < -0.4 is 4.72 Å². The molecule has 1 saturated heterocycles. The second kappa shape index (κ2) is 6.74. The van der Waals surface area contributed by atoms with Gasteiger partial charge in [-0.05, 0) is 25.5 Å². The molecule has 8 heteroatoms. The lowest BCUT2D eigenvalue weighted by Crippen LogP contribution is -2.52. The van der Waals surface area contributed by atoms with Crippen LogP contribution in [0.2, 0.25) is 0 Å². The minimum atomic E-state index is -3.69. The standard InChI is InChI=1S/C10H20N2O4S2/c1-8(17-2)7-11-18(15,16)12-6-4-3-5-9(12)10(13)14/h8-9,11H,3-7H2,1-2H3,(H,13,14). The smallest absolute Gasteiger partial charge is 0.322 e. The Labute approximate surface area is 112 Å². The third kappa shape index (κ3) is 4.11. The van der Waals surface area contributed by atoms with Gasteiger partial charge in [-0.25, -0.2) is 4.72 Å². The highest BCUT2D eigenvalue weighted by atomic mass is 32.2. The first-order valence-electron chi connectivity index (χ1n) is 5.90. The fourth-order valence-corrected chi connectivity index (χ4v) is 3.71. The summed E-state index contributed by atoms with van der Waals surface area (Å²) in [6.07, 6.45) is 3.75. The molecule has 1 aliphatic rings. The van der Waals surface area contributed by atoms with E-state index in [1.54, 1.807) is 11.8 Å². The van der Waals surface area contributed by atoms with E-state index in [1.807, 2.05) is 13.2 Å². The van der Waals surface area contributed by atoms with Crippen LogP contribution in [-0.4, -0.2) is 54.4 Å². The summed E-state index contributed by atoms with van der Waals surface area (Å²) in [5.41, 5.74) is 0. The van der Waals surface area contributed by atoms with Gasteiger partial charge < -0.3 is 5.11 Å². The largest absolute Gasteiger partial charge is 0.480 e. The summed E-state index contributed by atoms with van der Waals surface area (Å²) in [5.74, 6) is -1.07. The Morgan fingerprint density at radius 1 is 1.56 bits per heavy atom. The molecule has 0 aliphatic carbocycles. The molecule has 1 fully saturated rings. The van der Waals surface area contributed by atoms with Crippen molar-refractivity contribution >= 4 is 27.9 Å². The molecule has 0 amide bonds. The summed E-state index contributed by atoms with van der Waals surface area (Å²) in [4.78, 5) is 11.1. The van der Waals surface area contributed by atoms with E-state index < -0.39 is 22.2 Å². The van der Waals surface area contributed by atoms with Crippen molar-refractivity contribution in [1.29, 1.82) is 0 Å². The maximum atomic E-state index is 12.1. The molecule has 0 radical (unpaired) electrons. The molecule has 0 saturated carbocycles. The lowest BCUT2D eigenvalue weighted by molar-refractivity contribution is -0.142. The lowest BCUT2D eigenvalue weighted by Gasteiger charge is -2.32. The van der Waals surface area contributed by atoms with Crippen molar-refractivity contribution in [2.75, 3.05) is 19.3 Å². The Hall–Kier alpha value is -0.310. The molecule has 0 aromatic heterocycles. The number of carbonyl (C=O) groups is 1. The van der Waals surface area contributed by atoms with Gasteiger partial charge in [0.05, 0.1) is 0 Å². The van der Waals surface area contributed by atoms with Crippen LogP contribution in [0.1, 0.15) is 26.2 Å². The van der Waals surface area contributed by atoms with Crippen LogP contribution in [0.15, 0.2) is 0 Å². The average molecular weight is 296 g/mol. The molecule has 106 valence electrons. The van der Waals surface area contributed by atoms with Crippen LogP contribution in [-0.2, 0) is 15.0 Å². The van der Waals surface area contributed by atoms with Crippen molar-refractivity contribution in [3.05, 3.63) is 0 Å². The molecule has 2 N–H and O–H groups in total. The van der Waals surface area contributed by atoms with Gasteiger partial charge in [-0.2, -0.15) is 24.5 Å². The highest BCUT2D eigenvalue weighted by Crippen LogP contribution is 2.20. The Morgan fingerprint density at radius 2 is 2.22 bits per heavy atom. The normalized spacial score (nSPS) is 23.8. The number of nitrogens with zero attached hydrogens (tertiary/aromatic N) is 1. The zero-order chi connectivity index (χ0) is 13.8. The first-order valence-corrected chi connectivity index (χ1v) is 8.63. The third-order valence-electron chi connectivity index (χ3n) is 3.00. The van der Waals surface area contributed by atoms with Crippen LogP contribution in [0.3, 0.4) is 0 Å². The molecule has 1 heterocycles. The molecular weight excluding hydrogens is 276 g/mol. The number of aliphatic carboxylic acids is 1. The van der Waals surface area contributed by atoms with Gasteiger partial charge in [0.25, 0.3) is 10.2 Å². The van der Waals surface area contributed by atoms with E-state index in [1.165, 1.54) is 0 Å². The number of thioether (sulfide) groups is 1. The van der Waals surface area contributed by atoms with Gasteiger partial charge in [-0.3, -0.25) is 4.79 Å². The highest BCUT2D eigenvalue weighted by Gasteiger charge is 2.36. The summed E-state index contributed by atoms with van der Waals surface area (Å²) < 4.78 is 27.7. The number of piperidine rings is 1. The highest BCUT2D eigenvalue weighted by molar-refractivity contribution is 7.99. The quantitative estimate of drug-likeness (QED) is 0.746. The predicted molar refractivity (Wildman–Crippen MR) is 71.9 cm³/mol. The van der Waals surface area contributed by atoms with Crippen molar-refractivity contribution in [2.24, 2.45) is 0 Å². The van der Waals surface area contributed by atoms with Gasteiger partial charge in [0, 0.05) is 18.3 Å². The summed E-state index contributed by atoms with van der Waals surface area (Å²) in [7, 11) is -3.69. The van der Waals surface area contributed by atoms with E-state index in [-0.39, 0.29) is 11.8 Å². The molecule has 2 atom stereocenters. The van der Waals surface area contributed by atoms with Crippen LogP contribution >= 0.6 is 11.8 Å². The van der Waals surface area contributed by atoms with E-state index in [2.05, 4.69) is 4.72 Å². The number of carboxylic acids is 1. The third-order valence-corrected chi connectivity index (χ3v) is 5.56. The topological polar surface area (TPSA) is 86.7 Å². The van der Waals surface area contributed by atoms with Gasteiger partial charge in [-0.1, -0.05) is 6.92 Å². The molecule has 18 heavy (non-hydrogen) atoms. The molecule has 0 aromatic carbocycles. The zero-order valence-corrected chi connectivity index (χ0v) is 12.3. The Kier molecular flexibility index (Phi) is 5.90. The summed E-state index contributed by atoms with van der Waals surface area (Å²) in [6, 6.07) is -0.930. The van der Waals surface area contributed by atoms with Gasteiger partial charge in [0.15, 0.2) is 0 Å². The molecule has 1 rings (SSSR count). The van der Waals surface area contributed by atoms with E-state index in [0.717, 1.165) is 10.7 Å². The second-order valence-corrected chi connectivity index (χ2v) is 7.34.